The summed E-state index contributed by atoms with van der Waals surface area (Å²) in [6.45, 7) is 1.85. The molecule has 33 heavy (non-hydrogen) atoms. The van der Waals surface area contributed by atoms with Gasteiger partial charge in [-0.1, -0.05) is 35.9 Å². The molecule has 0 radical (unpaired) electrons. The van der Waals surface area contributed by atoms with Crippen molar-refractivity contribution in [2.24, 2.45) is 0 Å². The molecule has 1 unspecified atom stereocenters. The van der Waals surface area contributed by atoms with Crippen LogP contribution in [0.25, 0.3) is 17.2 Å². The number of benzene rings is 2. The van der Waals surface area contributed by atoms with Gasteiger partial charge < -0.3 is 10.4 Å². The number of carbonyl (C=O) groups excluding carboxylic acids is 1. The molecule has 0 saturated heterocycles. The Labute approximate surface area is 193 Å². The number of anilines is 1. The lowest BCUT2D eigenvalue weighted by Crippen LogP contribution is -2.25. The molecular weight excluding hydrogens is 444 g/mol. The van der Waals surface area contributed by atoms with E-state index in [0.717, 1.165) is 16.7 Å². The number of aromatic carboxylic acids is 1. The van der Waals surface area contributed by atoms with Gasteiger partial charge in [0.25, 0.3) is 5.95 Å². The Morgan fingerprint density at radius 1 is 1.15 bits per heavy atom. The van der Waals surface area contributed by atoms with Crippen LogP contribution in [0.1, 0.15) is 39.5 Å². The topological polar surface area (TPSA) is 123 Å². The number of hydrogen-bond donors (Lipinski definition) is 2. The van der Waals surface area contributed by atoms with E-state index in [4.69, 9.17) is 11.6 Å². The number of carboxylic acid groups (broad SMARTS) is 1. The molecule has 1 aliphatic rings. The van der Waals surface area contributed by atoms with Crippen LogP contribution in [0, 0.1) is 6.92 Å². The number of carboxylic acids is 1. The summed E-state index contributed by atoms with van der Waals surface area (Å²) in [6, 6.07) is 13.7. The van der Waals surface area contributed by atoms with Crippen molar-refractivity contribution < 1.29 is 14.7 Å². The second kappa shape index (κ2) is 8.10. The summed E-state index contributed by atoms with van der Waals surface area (Å²) in [5.41, 5.74) is 3.95. The Kier molecular flexibility index (Phi) is 5.10. The molecule has 2 N–H and O–H groups in total. The fourth-order valence-corrected chi connectivity index (χ4v) is 4.10. The van der Waals surface area contributed by atoms with Crippen molar-refractivity contribution in [1.82, 2.24) is 25.0 Å². The molecule has 164 valence electrons. The minimum absolute atomic E-state index is 0.183. The second-order valence-corrected chi connectivity index (χ2v) is 8.08. The van der Waals surface area contributed by atoms with Gasteiger partial charge in [0.15, 0.2) is 0 Å². The standard InChI is InChI=1S/C23H17ClN6O3/c1-12-20-17(13-2-4-15(5-3-13)22(32)33)10-19(31)27-21(20)30(29-12)23-26-18(11-25-28-23)14-6-8-16(24)9-7-14/h2-9,11,17H,10H2,1H3,(H,27,31)(H,32,33). The van der Waals surface area contributed by atoms with Crippen LogP contribution in [0.4, 0.5) is 5.82 Å². The normalized spacial score (nSPS) is 15.1. The number of amides is 1. The zero-order valence-corrected chi connectivity index (χ0v) is 18.1. The fourth-order valence-electron chi connectivity index (χ4n) is 3.98. The minimum atomic E-state index is -1.00. The van der Waals surface area contributed by atoms with Crippen LogP contribution in [-0.2, 0) is 4.79 Å². The van der Waals surface area contributed by atoms with E-state index < -0.39 is 5.97 Å². The van der Waals surface area contributed by atoms with E-state index in [1.807, 2.05) is 19.1 Å². The largest absolute Gasteiger partial charge is 0.478 e. The van der Waals surface area contributed by atoms with Crippen LogP contribution < -0.4 is 5.32 Å². The van der Waals surface area contributed by atoms with E-state index in [9.17, 15) is 14.7 Å². The van der Waals surface area contributed by atoms with E-state index in [1.165, 1.54) is 16.8 Å². The van der Waals surface area contributed by atoms with Gasteiger partial charge in [-0.3, -0.25) is 4.79 Å². The molecule has 2 aromatic carbocycles. The first kappa shape index (κ1) is 20.8. The molecule has 0 bridgehead atoms. The van der Waals surface area contributed by atoms with Crippen LogP contribution in [0.3, 0.4) is 0 Å². The Morgan fingerprint density at radius 2 is 1.88 bits per heavy atom. The van der Waals surface area contributed by atoms with Gasteiger partial charge >= 0.3 is 5.97 Å². The summed E-state index contributed by atoms with van der Waals surface area (Å²) < 4.78 is 1.48. The second-order valence-electron chi connectivity index (χ2n) is 7.64. The van der Waals surface area contributed by atoms with Crippen LogP contribution in [0.2, 0.25) is 5.02 Å². The van der Waals surface area contributed by atoms with Gasteiger partial charge in [0.2, 0.25) is 5.91 Å². The third kappa shape index (κ3) is 3.83. The molecule has 0 saturated carbocycles. The lowest BCUT2D eigenvalue weighted by atomic mass is 9.85. The molecule has 1 atom stereocenters. The Bertz CT molecular complexity index is 1380. The van der Waals surface area contributed by atoms with Gasteiger partial charge in [-0.25, -0.2) is 9.78 Å². The molecule has 0 aliphatic carbocycles. The van der Waals surface area contributed by atoms with E-state index in [2.05, 4.69) is 25.6 Å². The average Bonchev–Trinajstić information content (AvgIpc) is 3.15. The van der Waals surface area contributed by atoms with Crippen LogP contribution in [0.5, 0.6) is 0 Å². The molecule has 9 nitrogen and oxygen atoms in total. The van der Waals surface area contributed by atoms with E-state index >= 15 is 0 Å². The summed E-state index contributed by atoms with van der Waals surface area (Å²) in [6.07, 6.45) is 1.76. The first-order valence-corrected chi connectivity index (χ1v) is 10.5. The van der Waals surface area contributed by atoms with E-state index in [0.29, 0.717) is 22.2 Å². The number of fused-ring (bicyclic) bond motifs is 1. The molecule has 4 aromatic rings. The van der Waals surface area contributed by atoms with Gasteiger partial charge in [-0.2, -0.15) is 14.9 Å². The molecule has 1 amide bonds. The summed E-state index contributed by atoms with van der Waals surface area (Å²) in [4.78, 5) is 28.4. The minimum Gasteiger partial charge on any atom is -0.478 e. The smallest absolute Gasteiger partial charge is 0.335 e. The van der Waals surface area contributed by atoms with Crippen molar-refractivity contribution in [1.29, 1.82) is 0 Å². The SMILES string of the molecule is Cc1nn(-c2nncc(-c3ccc(Cl)cc3)n2)c2c1C(c1ccc(C(=O)O)cc1)CC(=O)N2. The molecular formula is C23H17ClN6O3. The lowest BCUT2D eigenvalue weighted by Gasteiger charge is -2.24. The molecule has 5 rings (SSSR count). The van der Waals surface area contributed by atoms with Crippen molar-refractivity contribution in [3.8, 4) is 17.2 Å². The summed E-state index contributed by atoms with van der Waals surface area (Å²) in [5, 5.41) is 25.5. The highest BCUT2D eigenvalue weighted by Gasteiger charge is 2.33. The summed E-state index contributed by atoms with van der Waals surface area (Å²) in [5.74, 6) is -0.770. The predicted molar refractivity (Wildman–Crippen MR) is 121 cm³/mol. The third-order valence-electron chi connectivity index (χ3n) is 5.54. The fraction of sp³-hybridized carbons (Fsp3) is 0.130. The number of carbonyl (C=O) groups is 2. The number of hydrogen-bond acceptors (Lipinski definition) is 6. The number of aryl methyl sites for hydroxylation is 1. The molecule has 0 spiro atoms. The zero-order chi connectivity index (χ0) is 23.1. The van der Waals surface area contributed by atoms with Crippen molar-refractivity contribution in [2.75, 3.05) is 5.32 Å². The maximum absolute atomic E-state index is 12.6. The molecule has 3 heterocycles. The van der Waals surface area contributed by atoms with Gasteiger partial charge in [-0.05, 0) is 36.8 Å². The maximum atomic E-state index is 12.6. The third-order valence-corrected chi connectivity index (χ3v) is 5.79. The van der Waals surface area contributed by atoms with Crippen LogP contribution in [0.15, 0.2) is 54.7 Å². The zero-order valence-electron chi connectivity index (χ0n) is 17.4. The monoisotopic (exact) mass is 460 g/mol. The average molecular weight is 461 g/mol. The quantitative estimate of drug-likeness (QED) is 0.474. The van der Waals surface area contributed by atoms with Crippen LogP contribution in [-0.4, -0.2) is 41.9 Å². The number of nitrogens with zero attached hydrogens (tertiary/aromatic N) is 5. The van der Waals surface area contributed by atoms with Crippen molar-refractivity contribution in [3.63, 3.8) is 0 Å². The lowest BCUT2D eigenvalue weighted by molar-refractivity contribution is -0.116. The first-order valence-electron chi connectivity index (χ1n) is 10.1. The highest BCUT2D eigenvalue weighted by Crippen LogP contribution is 2.40. The predicted octanol–water partition coefficient (Wildman–Crippen LogP) is 3.86. The van der Waals surface area contributed by atoms with E-state index in [1.54, 1.807) is 30.5 Å². The molecule has 2 aromatic heterocycles. The van der Waals surface area contributed by atoms with Crippen molar-refractivity contribution >= 4 is 29.3 Å². The Hall–Kier alpha value is -4.11. The van der Waals surface area contributed by atoms with Gasteiger partial charge in [-0.15, -0.1) is 5.10 Å². The van der Waals surface area contributed by atoms with Gasteiger partial charge in [0.05, 0.1) is 23.1 Å². The first-order chi connectivity index (χ1) is 15.9. The van der Waals surface area contributed by atoms with Gasteiger partial charge in [0.1, 0.15) is 5.82 Å². The molecule has 10 heteroatoms. The van der Waals surface area contributed by atoms with Gasteiger partial charge in [0, 0.05) is 28.5 Å². The molecule has 1 aliphatic heterocycles. The van der Waals surface area contributed by atoms with Crippen LogP contribution >= 0.6 is 11.6 Å². The highest BCUT2D eigenvalue weighted by molar-refractivity contribution is 6.30. The summed E-state index contributed by atoms with van der Waals surface area (Å²) >= 11 is 5.98. The van der Waals surface area contributed by atoms with E-state index in [-0.39, 0.29) is 29.8 Å². The Balaban J connectivity index is 1.58. The van der Waals surface area contributed by atoms with Crippen molar-refractivity contribution in [2.45, 2.75) is 19.3 Å². The van der Waals surface area contributed by atoms with Crippen molar-refractivity contribution in [3.05, 3.63) is 82.1 Å². The highest BCUT2D eigenvalue weighted by atomic mass is 35.5. The molecule has 0 fully saturated rings. The number of aromatic nitrogens is 5. The number of nitrogens with one attached hydrogen (secondary N) is 1. The Morgan fingerprint density at radius 3 is 2.58 bits per heavy atom. The summed E-state index contributed by atoms with van der Waals surface area (Å²) in [7, 11) is 0. The number of rotatable bonds is 4. The maximum Gasteiger partial charge on any atom is 0.335 e. The number of halogens is 1.